The van der Waals surface area contributed by atoms with Gasteiger partial charge in [-0.15, -0.1) is 0 Å². The van der Waals surface area contributed by atoms with Gasteiger partial charge >= 0.3 is 0 Å². The lowest BCUT2D eigenvalue weighted by Crippen LogP contribution is -2.14. The highest BCUT2D eigenvalue weighted by Gasteiger charge is 2.35. The fourth-order valence-electron chi connectivity index (χ4n) is 7.22. The first-order valence-corrected chi connectivity index (χ1v) is 16.1. The van der Waals surface area contributed by atoms with E-state index in [-0.39, 0.29) is 5.41 Å². The number of hydrogen-bond donors (Lipinski definition) is 0. The van der Waals surface area contributed by atoms with Crippen molar-refractivity contribution in [3.05, 3.63) is 163 Å². The lowest BCUT2D eigenvalue weighted by Gasteiger charge is -2.22. The second kappa shape index (κ2) is 10.6. The SMILES string of the molecule is CC1(C)c2ccccc2-c2cc3ccc4cc(-c5cc(-c6ccc(-c7ccccn7)cc6)nc(-c6ccccc6)n5)ccc4c3cc21. The zero-order valence-electron chi connectivity index (χ0n) is 26.3. The molecule has 0 spiro atoms. The van der Waals surface area contributed by atoms with Crippen LogP contribution in [-0.2, 0) is 5.41 Å². The van der Waals surface area contributed by atoms with Gasteiger partial charge in [-0.05, 0) is 80.2 Å². The van der Waals surface area contributed by atoms with Crippen molar-refractivity contribution in [1.29, 1.82) is 0 Å². The number of aromatic nitrogens is 3. The molecule has 47 heavy (non-hydrogen) atoms. The predicted octanol–water partition coefficient (Wildman–Crippen LogP) is 11.2. The average Bonchev–Trinajstić information content (AvgIpc) is 3.36. The van der Waals surface area contributed by atoms with Gasteiger partial charge in [0, 0.05) is 33.9 Å². The van der Waals surface area contributed by atoms with Gasteiger partial charge < -0.3 is 0 Å². The predicted molar refractivity (Wildman–Crippen MR) is 194 cm³/mol. The molecule has 0 fully saturated rings. The summed E-state index contributed by atoms with van der Waals surface area (Å²) in [6.07, 6.45) is 1.82. The van der Waals surface area contributed by atoms with Gasteiger partial charge in [0.1, 0.15) is 0 Å². The summed E-state index contributed by atoms with van der Waals surface area (Å²) in [5.74, 6) is 0.711. The van der Waals surface area contributed by atoms with Crippen LogP contribution in [0.1, 0.15) is 25.0 Å². The van der Waals surface area contributed by atoms with E-state index in [1.807, 2.05) is 42.6 Å². The Bertz CT molecular complexity index is 2460. The van der Waals surface area contributed by atoms with Gasteiger partial charge in [0.25, 0.3) is 0 Å². The molecule has 0 saturated carbocycles. The lowest BCUT2D eigenvalue weighted by atomic mass is 9.81. The van der Waals surface area contributed by atoms with Gasteiger partial charge in [0.05, 0.1) is 17.1 Å². The summed E-state index contributed by atoms with van der Waals surface area (Å²) >= 11 is 0. The Morgan fingerprint density at radius 3 is 1.85 bits per heavy atom. The van der Waals surface area contributed by atoms with Crippen molar-refractivity contribution >= 4 is 21.5 Å². The first-order chi connectivity index (χ1) is 23.0. The molecule has 0 amide bonds. The average molecular weight is 602 g/mol. The van der Waals surface area contributed by atoms with Crippen LogP contribution in [0.5, 0.6) is 0 Å². The summed E-state index contributed by atoms with van der Waals surface area (Å²) in [7, 11) is 0. The van der Waals surface area contributed by atoms with Crippen LogP contribution in [0.4, 0.5) is 0 Å². The molecule has 1 aliphatic carbocycles. The Morgan fingerprint density at radius 2 is 1.09 bits per heavy atom. The van der Waals surface area contributed by atoms with E-state index in [0.29, 0.717) is 5.82 Å². The van der Waals surface area contributed by atoms with Crippen molar-refractivity contribution < 1.29 is 0 Å². The molecule has 0 N–H and O–H groups in total. The molecule has 0 saturated heterocycles. The van der Waals surface area contributed by atoms with E-state index < -0.39 is 0 Å². The summed E-state index contributed by atoms with van der Waals surface area (Å²) < 4.78 is 0. The molecule has 3 heteroatoms. The number of pyridine rings is 1. The van der Waals surface area contributed by atoms with Crippen LogP contribution in [0.15, 0.2) is 152 Å². The molecular weight excluding hydrogens is 571 g/mol. The Labute approximate surface area is 274 Å². The van der Waals surface area contributed by atoms with Crippen molar-refractivity contribution in [3.63, 3.8) is 0 Å². The summed E-state index contributed by atoms with van der Waals surface area (Å²) in [6, 6.07) is 51.7. The monoisotopic (exact) mass is 601 g/mol. The first kappa shape index (κ1) is 27.4. The second-order valence-electron chi connectivity index (χ2n) is 12.9. The molecule has 0 atom stereocenters. The molecule has 0 radical (unpaired) electrons. The van der Waals surface area contributed by atoms with Crippen molar-refractivity contribution in [1.82, 2.24) is 15.0 Å². The third kappa shape index (κ3) is 4.54. The molecule has 9 rings (SSSR count). The van der Waals surface area contributed by atoms with Gasteiger partial charge in [-0.3, -0.25) is 4.98 Å². The summed E-state index contributed by atoms with van der Waals surface area (Å²) in [6.45, 7) is 4.69. The maximum atomic E-state index is 5.10. The number of rotatable bonds is 4. The normalized spacial score (nSPS) is 13.1. The summed E-state index contributed by atoms with van der Waals surface area (Å²) in [5.41, 5.74) is 12.4. The minimum atomic E-state index is -0.0385. The van der Waals surface area contributed by atoms with E-state index in [1.54, 1.807) is 0 Å². The zero-order chi connectivity index (χ0) is 31.5. The highest BCUT2D eigenvalue weighted by Crippen LogP contribution is 2.50. The van der Waals surface area contributed by atoms with Gasteiger partial charge in [-0.2, -0.15) is 0 Å². The standard InChI is InChI=1S/C44H31N3/c1-44(2)38-13-7-6-12-35(38)37-25-32-20-19-31-24-33(21-22-34(31)36(32)26-39(37)44)42-27-41(46-43(47-42)30-10-4-3-5-11-30)29-17-15-28(16-18-29)40-14-8-9-23-45-40/h3-27H,1-2H3. The Kier molecular flexibility index (Phi) is 6.16. The highest BCUT2D eigenvalue weighted by atomic mass is 14.9. The third-order valence-corrected chi connectivity index (χ3v) is 9.73. The van der Waals surface area contributed by atoms with Crippen LogP contribution < -0.4 is 0 Å². The molecule has 222 valence electrons. The first-order valence-electron chi connectivity index (χ1n) is 16.1. The maximum absolute atomic E-state index is 5.10. The van der Waals surface area contributed by atoms with Crippen LogP contribution in [0.3, 0.4) is 0 Å². The maximum Gasteiger partial charge on any atom is 0.160 e. The van der Waals surface area contributed by atoms with E-state index in [2.05, 4.69) is 128 Å². The fraction of sp³-hybridized carbons (Fsp3) is 0.0682. The van der Waals surface area contributed by atoms with Crippen LogP contribution in [-0.4, -0.2) is 15.0 Å². The molecule has 0 aliphatic heterocycles. The Morgan fingerprint density at radius 1 is 0.426 bits per heavy atom. The van der Waals surface area contributed by atoms with E-state index in [1.165, 1.54) is 43.8 Å². The van der Waals surface area contributed by atoms with Gasteiger partial charge in [0.2, 0.25) is 0 Å². The molecule has 2 heterocycles. The van der Waals surface area contributed by atoms with Crippen molar-refractivity contribution in [2.24, 2.45) is 0 Å². The largest absolute Gasteiger partial charge is 0.256 e. The molecule has 8 aromatic rings. The molecule has 1 aliphatic rings. The van der Waals surface area contributed by atoms with Crippen molar-refractivity contribution in [2.45, 2.75) is 19.3 Å². The van der Waals surface area contributed by atoms with Gasteiger partial charge in [0.15, 0.2) is 5.82 Å². The van der Waals surface area contributed by atoms with E-state index in [9.17, 15) is 0 Å². The fourth-order valence-corrected chi connectivity index (χ4v) is 7.22. The molecular formula is C44H31N3. The van der Waals surface area contributed by atoms with E-state index >= 15 is 0 Å². The zero-order valence-corrected chi connectivity index (χ0v) is 26.3. The number of hydrogen-bond acceptors (Lipinski definition) is 3. The number of benzene rings is 6. The quantitative estimate of drug-likeness (QED) is 0.188. The minimum Gasteiger partial charge on any atom is -0.256 e. The van der Waals surface area contributed by atoms with Crippen molar-refractivity contribution in [2.75, 3.05) is 0 Å². The van der Waals surface area contributed by atoms with Crippen LogP contribution in [0.25, 0.3) is 77.8 Å². The van der Waals surface area contributed by atoms with E-state index in [4.69, 9.17) is 9.97 Å². The van der Waals surface area contributed by atoms with Crippen LogP contribution in [0, 0.1) is 0 Å². The number of nitrogens with zero attached hydrogens (tertiary/aromatic N) is 3. The smallest absolute Gasteiger partial charge is 0.160 e. The van der Waals surface area contributed by atoms with Gasteiger partial charge in [-0.25, -0.2) is 9.97 Å². The number of fused-ring (bicyclic) bond motifs is 6. The molecule has 0 unspecified atom stereocenters. The lowest BCUT2D eigenvalue weighted by molar-refractivity contribution is 0.661. The topological polar surface area (TPSA) is 38.7 Å². The van der Waals surface area contributed by atoms with Crippen LogP contribution >= 0.6 is 0 Å². The van der Waals surface area contributed by atoms with Crippen LogP contribution in [0.2, 0.25) is 0 Å². The van der Waals surface area contributed by atoms with E-state index in [0.717, 1.165) is 39.3 Å². The summed E-state index contributed by atoms with van der Waals surface area (Å²) in [4.78, 5) is 14.7. The molecule has 2 aromatic heterocycles. The summed E-state index contributed by atoms with van der Waals surface area (Å²) in [5, 5.41) is 5.00. The van der Waals surface area contributed by atoms with Gasteiger partial charge in [-0.1, -0.05) is 123 Å². The third-order valence-electron chi connectivity index (χ3n) is 9.73. The Balaban J connectivity index is 1.16. The second-order valence-corrected chi connectivity index (χ2v) is 12.9. The molecule has 3 nitrogen and oxygen atoms in total. The Hall–Kier alpha value is -5.93. The highest BCUT2D eigenvalue weighted by molar-refractivity contribution is 6.10. The molecule has 0 bridgehead atoms. The molecule has 6 aromatic carbocycles. The minimum absolute atomic E-state index is 0.0385. The van der Waals surface area contributed by atoms with Crippen molar-refractivity contribution in [3.8, 4) is 56.3 Å².